The van der Waals surface area contributed by atoms with E-state index in [1.165, 1.54) is 18.2 Å². The Morgan fingerprint density at radius 1 is 1.14 bits per heavy atom. The zero-order valence-electron chi connectivity index (χ0n) is 11.1. The Morgan fingerprint density at radius 3 is 2.36 bits per heavy atom. The monoisotopic (exact) mass is 347 g/mol. The molecule has 0 bridgehead atoms. The zero-order chi connectivity index (χ0) is 16.3. The van der Waals surface area contributed by atoms with Crippen LogP contribution < -0.4 is 4.72 Å². The Kier molecular flexibility index (Phi) is 5.12. The first-order valence-corrected chi connectivity index (χ1v) is 8.04. The number of hydrogen-bond acceptors (Lipinski definition) is 3. The highest BCUT2D eigenvalue weighted by molar-refractivity contribution is 7.89. The molecule has 0 saturated heterocycles. The molecule has 8 heteroatoms. The van der Waals surface area contributed by atoms with Crippen LogP contribution in [0.5, 0.6) is 0 Å². The Hall–Kier alpha value is -1.54. The summed E-state index contributed by atoms with van der Waals surface area (Å²) in [5, 5.41) is 9.94. The van der Waals surface area contributed by atoms with E-state index in [0.717, 1.165) is 24.3 Å². The number of nitrogens with one attached hydrogen (secondary N) is 1. The van der Waals surface area contributed by atoms with Crippen molar-refractivity contribution in [2.24, 2.45) is 0 Å². The van der Waals surface area contributed by atoms with Crippen molar-refractivity contribution in [2.45, 2.75) is 11.0 Å². The van der Waals surface area contributed by atoms with Crippen molar-refractivity contribution in [3.8, 4) is 0 Å². The third-order valence-corrected chi connectivity index (χ3v) is 4.60. The molecule has 1 atom stereocenters. The van der Waals surface area contributed by atoms with E-state index in [1.54, 1.807) is 0 Å². The lowest BCUT2D eigenvalue weighted by atomic mass is 10.1. The van der Waals surface area contributed by atoms with Crippen LogP contribution in [0.4, 0.5) is 8.78 Å². The topological polar surface area (TPSA) is 66.4 Å². The van der Waals surface area contributed by atoms with Crippen molar-refractivity contribution in [3.05, 3.63) is 64.7 Å². The van der Waals surface area contributed by atoms with E-state index in [-0.39, 0.29) is 11.6 Å². The van der Waals surface area contributed by atoms with Gasteiger partial charge in [0, 0.05) is 11.6 Å². The fourth-order valence-corrected chi connectivity index (χ4v) is 3.02. The first-order chi connectivity index (χ1) is 10.3. The Morgan fingerprint density at radius 2 is 1.77 bits per heavy atom. The first-order valence-electron chi connectivity index (χ1n) is 6.18. The highest BCUT2D eigenvalue weighted by atomic mass is 35.5. The van der Waals surface area contributed by atoms with Gasteiger partial charge in [0.1, 0.15) is 16.5 Å². The van der Waals surface area contributed by atoms with Crippen LogP contribution in [0.15, 0.2) is 47.4 Å². The minimum absolute atomic E-state index is 0.0720. The van der Waals surface area contributed by atoms with Crippen molar-refractivity contribution in [3.63, 3.8) is 0 Å². The average molecular weight is 348 g/mol. The standard InChI is InChI=1S/C14H12ClF2NO3S/c15-10-3-6-14(12(17)7-10)22(20,21)18-8-13(19)9-1-4-11(16)5-2-9/h1-7,13,18-19H,8H2. The fraction of sp³-hybridized carbons (Fsp3) is 0.143. The van der Waals surface area contributed by atoms with Crippen LogP contribution in [-0.4, -0.2) is 20.1 Å². The molecule has 0 fully saturated rings. The van der Waals surface area contributed by atoms with Crippen molar-refractivity contribution in [1.29, 1.82) is 0 Å². The lowest BCUT2D eigenvalue weighted by Crippen LogP contribution is -2.29. The Balaban J connectivity index is 2.10. The molecule has 0 saturated carbocycles. The zero-order valence-corrected chi connectivity index (χ0v) is 12.7. The molecule has 0 spiro atoms. The minimum atomic E-state index is -4.14. The number of rotatable bonds is 5. The van der Waals surface area contributed by atoms with E-state index in [2.05, 4.69) is 4.72 Å². The van der Waals surface area contributed by atoms with E-state index in [9.17, 15) is 22.3 Å². The molecule has 22 heavy (non-hydrogen) atoms. The van der Waals surface area contributed by atoms with E-state index in [4.69, 9.17) is 11.6 Å². The van der Waals surface area contributed by atoms with Crippen LogP contribution in [0.3, 0.4) is 0 Å². The number of halogens is 3. The molecular weight excluding hydrogens is 336 g/mol. The molecule has 1 unspecified atom stereocenters. The molecule has 0 aliphatic heterocycles. The summed E-state index contributed by atoms with van der Waals surface area (Å²) in [5.74, 6) is -1.46. The number of hydrogen-bond donors (Lipinski definition) is 2. The van der Waals surface area contributed by atoms with Gasteiger partial charge in [-0.1, -0.05) is 23.7 Å². The molecule has 2 N–H and O–H groups in total. The number of aliphatic hydroxyl groups excluding tert-OH is 1. The molecule has 2 rings (SSSR count). The van der Waals surface area contributed by atoms with Crippen molar-refractivity contribution >= 4 is 21.6 Å². The highest BCUT2D eigenvalue weighted by Gasteiger charge is 2.20. The molecule has 0 aromatic heterocycles. The third kappa shape index (κ3) is 4.01. The maximum atomic E-state index is 13.6. The predicted octanol–water partition coefficient (Wildman–Crippen LogP) is 2.63. The summed E-state index contributed by atoms with van der Waals surface area (Å²) in [7, 11) is -4.14. The molecule has 0 radical (unpaired) electrons. The van der Waals surface area contributed by atoms with Crippen LogP contribution in [-0.2, 0) is 10.0 Å². The van der Waals surface area contributed by atoms with Gasteiger partial charge >= 0.3 is 0 Å². The Bertz CT molecular complexity index is 766. The third-order valence-electron chi connectivity index (χ3n) is 2.90. The summed E-state index contributed by atoms with van der Waals surface area (Å²) in [5.41, 5.74) is 0.334. The summed E-state index contributed by atoms with van der Waals surface area (Å²) >= 11 is 5.56. The first kappa shape index (κ1) is 16.8. The summed E-state index contributed by atoms with van der Waals surface area (Å²) in [6, 6.07) is 8.11. The molecule has 118 valence electrons. The lowest BCUT2D eigenvalue weighted by Gasteiger charge is -2.13. The fourth-order valence-electron chi connectivity index (χ4n) is 1.76. The number of sulfonamides is 1. The molecule has 0 heterocycles. The summed E-state index contributed by atoms with van der Waals surface area (Å²) in [6.45, 7) is -0.379. The van der Waals surface area contributed by atoms with Crippen molar-refractivity contribution < 1.29 is 22.3 Å². The van der Waals surface area contributed by atoms with Gasteiger partial charge in [0.2, 0.25) is 10.0 Å². The molecule has 4 nitrogen and oxygen atoms in total. The van der Waals surface area contributed by atoms with Gasteiger partial charge in [-0.3, -0.25) is 0 Å². The van der Waals surface area contributed by atoms with Crippen LogP contribution in [0.1, 0.15) is 11.7 Å². The molecule has 0 aliphatic rings. The van der Waals surface area contributed by atoms with Gasteiger partial charge in [0.05, 0.1) is 6.10 Å². The summed E-state index contributed by atoms with van der Waals surface area (Å²) in [4.78, 5) is -0.566. The lowest BCUT2D eigenvalue weighted by molar-refractivity contribution is 0.182. The van der Waals surface area contributed by atoms with E-state index >= 15 is 0 Å². The van der Waals surface area contributed by atoms with Crippen molar-refractivity contribution in [2.75, 3.05) is 6.54 Å². The van der Waals surface area contributed by atoms with Gasteiger partial charge < -0.3 is 5.11 Å². The van der Waals surface area contributed by atoms with Crippen LogP contribution in [0.2, 0.25) is 5.02 Å². The second-order valence-corrected chi connectivity index (χ2v) is 6.67. The second-order valence-electron chi connectivity index (χ2n) is 4.49. The van der Waals surface area contributed by atoms with Gasteiger partial charge in [-0.15, -0.1) is 0 Å². The number of aliphatic hydroxyl groups is 1. The largest absolute Gasteiger partial charge is 0.387 e. The molecular formula is C14H12ClF2NO3S. The van der Waals surface area contributed by atoms with Crippen LogP contribution in [0.25, 0.3) is 0 Å². The SMILES string of the molecule is O=S(=O)(NCC(O)c1ccc(F)cc1)c1ccc(Cl)cc1F. The van der Waals surface area contributed by atoms with Crippen LogP contribution in [0, 0.1) is 11.6 Å². The Labute approximate surface area is 131 Å². The maximum Gasteiger partial charge on any atom is 0.243 e. The van der Waals surface area contributed by atoms with Gasteiger partial charge in [0.25, 0.3) is 0 Å². The van der Waals surface area contributed by atoms with E-state index in [0.29, 0.717) is 5.56 Å². The van der Waals surface area contributed by atoms with Gasteiger partial charge in [-0.25, -0.2) is 21.9 Å². The molecule has 2 aromatic rings. The molecule has 0 amide bonds. The average Bonchev–Trinajstić information content (AvgIpc) is 2.45. The second kappa shape index (κ2) is 6.70. The van der Waals surface area contributed by atoms with E-state index in [1.807, 2.05) is 0 Å². The summed E-state index contributed by atoms with van der Waals surface area (Å²) < 4.78 is 52.5. The highest BCUT2D eigenvalue weighted by Crippen LogP contribution is 2.19. The van der Waals surface area contributed by atoms with Gasteiger partial charge in [0.15, 0.2) is 0 Å². The van der Waals surface area contributed by atoms with E-state index < -0.39 is 32.7 Å². The van der Waals surface area contributed by atoms with Crippen molar-refractivity contribution in [1.82, 2.24) is 4.72 Å². The number of benzene rings is 2. The maximum absolute atomic E-state index is 13.6. The predicted molar refractivity (Wildman–Crippen MR) is 78.0 cm³/mol. The molecule has 2 aromatic carbocycles. The van der Waals surface area contributed by atoms with Gasteiger partial charge in [-0.2, -0.15) is 0 Å². The summed E-state index contributed by atoms with van der Waals surface area (Å²) in [6.07, 6.45) is -1.19. The van der Waals surface area contributed by atoms with Gasteiger partial charge in [-0.05, 0) is 35.9 Å². The normalized spacial score (nSPS) is 13.1. The quantitative estimate of drug-likeness (QED) is 0.873. The smallest absolute Gasteiger partial charge is 0.243 e. The molecule has 0 aliphatic carbocycles. The van der Waals surface area contributed by atoms with Crippen LogP contribution >= 0.6 is 11.6 Å². The minimum Gasteiger partial charge on any atom is -0.387 e.